The minimum absolute atomic E-state index is 0.324. The Morgan fingerprint density at radius 2 is 1.67 bits per heavy atom. The molecule has 4 nitrogen and oxygen atoms in total. The summed E-state index contributed by atoms with van der Waals surface area (Å²) in [5.41, 5.74) is 0. The van der Waals surface area contributed by atoms with Crippen molar-refractivity contribution in [3.8, 4) is 0 Å². The zero-order chi connectivity index (χ0) is 11.8. The minimum atomic E-state index is -1.05. The van der Waals surface area contributed by atoms with Gasteiger partial charge in [-0.25, -0.2) is 0 Å². The third kappa shape index (κ3) is 6.84. The summed E-state index contributed by atoms with van der Waals surface area (Å²) >= 11 is 0. The van der Waals surface area contributed by atoms with Gasteiger partial charge in [0.15, 0.2) is 0 Å². The van der Waals surface area contributed by atoms with E-state index in [1.54, 1.807) is 6.92 Å². The predicted octanol–water partition coefficient (Wildman–Crippen LogP) is 0.115. The molecule has 0 aromatic heterocycles. The molecule has 0 rings (SSSR count). The summed E-state index contributed by atoms with van der Waals surface area (Å²) in [4.78, 5) is 0. The average Bonchev–Trinajstić information content (AvgIpc) is 2.21. The van der Waals surface area contributed by atoms with Gasteiger partial charge in [-0.05, 0) is 25.3 Å². The highest BCUT2D eigenvalue weighted by atomic mass is 16.4. The van der Waals surface area contributed by atoms with Crippen molar-refractivity contribution in [3.05, 3.63) is 0 Å². The Labute approximate surface area is 92.3 Å². The molecular weight excluding hydrogens is 194 g/mol. The Morgan fingerprint density at radius 1 is 1.07 bits per heavy atom. The first-order valence-corrected chi connectivity index (χ1v) is 5.73. The molecule has 0 heterocycles. The number of aliphatic hydroxyl groups excluding tert-OH is 3. The van der Waals surface area contributed by atoms with Crippen molar-refractivity contribution < 1.29 is 15.3 Å². The Kier molecular flexibility index (Phi) is 7.96. The predicted molar refractivity (Wildman–Crippen MR) is 60.6 cm³/mol. The largest absolute Gasteiger partial charge is 0.390 e. The first kappa shape index (κ1) is 14.8. The smallest absolute Gasteiger partial charge is 0.107 e. The minimum Gasteiger partial charge on any atom is -0.390 e. The molecular formula is C11H25NO3. The van der Waals surface area contributed by atoms with Crippen LogP contribution in [0, 0.1) is 5.92 Å². The molecule has 0 saturated heterocycles. The first-order valence-electron chi connectivity index (χ1n) is 5.73. The third-order valence-electron chi connectivity index (χ3n) is 2.46. The van der Waals surface area contributed by atoms with Crippen LogP contribution in [0.2, 0.25) is 0 Å². The fourth-order valence-electron chi connectivity index (χ4n) is 1.26. The summed E-state index contributed by atoms with van der Waals surface area (Å²) in [7, 11) is 0. The van der Waals surface area contributed by atoms with Crippen molar-refractivity contribution in [1.82, 2.24) is 5.32 Å². The molecule has 0 bridgehead atoms. The number of hydrogen-bond acceptors (Lipinski definition) is 4. The molecule has 0 spiro atoms. The highest BCUT2D eigenvalue weighted by Gasteiger charge is 2.22. The van der Waals surface area contributed by atoms with Crippen molar-refractivity contribution in [1.29, 1.82) is 0 Å². The van der Waals surface area contributed by atoms with Gasteiger partial charge in [0.25, 0.3) is 0 Å². The summed E-state index contributed by atoms with van der Waals surface area (Å²) in [5, 5.41) is 31.3. The van der Waals surface area contributed by atoms with Crippen LogP contribution in [-0.2, 0) is 0 Å². The Balaban J connectivity index is 3.59. The second-order valence-electron chi connectivity index (χ2n) is 4.42. The molecule has 0 radical (unpaired) electrons. The van der Waals surface area contributed by atoms with Crippen molar-refractivity contribution in [2.24, 2.45) is 5.92 Å². The van der Waals surface area contributed by atoms with Gasteiger partial charge in [0.2, 0.25) is 0 Å². The van der Waals surface area contributed by atoms with Gasteiger partial charge in [0, 0.05) is 6.54 Å². The fraction of sp³-hybridized carbons (Fsp3) is 1.00. The lowest BCUT2D eigenvalue weighted by atomic mass is 10.1. The summed E-state index contributed by atoms with van der Waals surface area (Å²) in [6.07, 6.45) is -1.30. The maximum atomic E-state index is 9.51. The molecule has 3 unspecified atom stereocenters. The Morgan fingerprint density at radius 3 is 2.13 bits per heavy atom. The molecule has 0 amide bonds. The van der Waals surface area contributed by atoms with Crippen LogP contribution in [0.1, 0.15) is 33.6 Å². The van der Waals surface area contributed by atoms with Crippen molar-refractivity contribution >= 4 is 0 Å². The SMILES string of the molecule is CCC(O)C(O)C(O)CNCCC(C)C. The van der Waals surface area contributed by atoms with E-state index in [-0.39, 0.29) is 0 Å². The van der Waals surface area contributed by atoms with Crippen LogP contribution < -0.4 is 5.32 Å². The van der Waals surface area contributed by atoms with Gasteiger partial charge >= 0.3 is 0 Å². The maximum absolute atomic E-state index is 9.51. The summed E-state index contributed by atoms with van der Waals surface area (Å²) in [6, 6.07) is 0. The topological polar surface area (TPSA) is 72.7 Å². The van der Waals surface area contributed by atoms with Crippen molar-refractivity contribution in [2.45, 2.75) is 51.9 Å². The van der Waals surface area contributed by atoms with E-state index in [9.17, 15) is 15.3 Å². The Bertz CT molecular complexity index is 153. The molecule has 0 aromatic rings. The van der Waals surface area contributed by atoms with E-state index in [1.807, 2.05) is 0 Å². The van der Waals surface area contributed by atoms with E-state index < -0.39 is 18.3 Å². The Hall–Kier alpha value is -0.160. The van der Waals surface area contributed by atoms with Gasteiger partial charge in [0.1, 0.15) is 6.10 Å². The summed E-state index contributed by atoms with van der Waals surface area (Å²) < 4.78 is 0. The van der Waals surface area contributed by atoms with Gasteiger partial charge in [-0.1, -0.05) is 20.8 Å². The van der Waals surface area contributed by atoms with Gasteiger partial charge < -0.3 is 20.6 Å². The van der Waals surface area contributed by atoms with Gasteiger partial charge in [-0.2, -0.15) is 0 Å². The molecule has 0 aliphatic rings. The van der Waals surface area contributed by atoms with Crippen LogP contribution in [0.15, 0.2) is 0 Å². The molecule has 0 saturated carbocycles. The number of hydrogen-bond donors (Lipinski definition) is 4. The van der Waals surface area contributed by atoms with Crippen LogP contribution in [0.25, 0.3) is 0 Å². The molecule has 92 valence electrons. The molecule has 15 heavy (non-hydrogen) atoms. The highest BCUT2D eigenvalue weighted by Crippen LogP contribution is 2.03. The van der Waals surface area contributed by atoms with E-state index in [4.69, 9.17) is 0 Å². The molecule has 0 fully saturated rings. The third-order valence-corrected chi connectivity index (χ3v) is 2.46. The summed E-state index contributed by atoms with van der Waals surface area (Å²) in [6.45, 7) is 7.18. The van der Waals surface area contributed by atoms with Gasteiger partial charge in [-0.15, -0.1) is 0 Å². The molecule has 0 aliphatic carbocycles. The molecule has 3 atom stereocenters. The number of rotatable bonds is 8. The van der Waals surface area contributed by atoms with E-state index in [2.05, 4.69) is 19.2 Å². The van der Waals surface area contributed by atoms with E-state index in [1.165, 1.54) is 0 Å². The maximum Gasteiger partial charge on any atom is 0.107 e. The van der Waals surface area contributed by atoms with Gasteiger partial charge in [0.05, 0.1) is 12.2 Å². The normalized spacial score (nSPS) is 17.8. The van der Waals surface area contributed by atoms with E-state index in [0.29, 0.717) is 18.9 Å². The van der Waals surface area contributed by atoms with Gasteiger partial charge in [-0.3, -0.25) is 0 Å². The fourth-order valence-corrected chi connectivity index (χ4v) is 1.26. The van der Waals surface area contributed by atoms with E-state index >= 15 is 0 Å². The standard InChI is InChI=1S/C11H25NO3/c1-4-9(13)11(15)10(14)7-12-6-5-8(2)3/h8-15H,4-7H2,1-3H3. The first-order chi connectivity index (χ1) is 6.99. The monoisotopic (exact) mass is 219 g/mol. The van der Waals surface area contributed by atoms with Crippen molar-refractivity contribution in [3.63, 3.8) is 0 Å². The molecule has 0 aromatic carbocycles. The summed E-state index contributed by atoms with van der Waals surface area (Å²) in [5.74, 6) is 0.626. The van der Waals surface area contributed by atoms with Crippen LogP contribution >= 0.6 is 0 Å². The van der Waals surface area contributed by atoms with Crippen LogP contribution in [0.4, 0.5) is 0 Å². The quantitative estimate of drug-likeness (QED) is 0.437. The average molecular weight is 219 g/mol. The van der Waals surface area contributed by atoms with Crippen LogP contribution in [-0.4, -0.2) is 46.7 Å². The molecule has 4 N–H and O–H groups in total. The zero-order valence-corrected chi connectivity index (χ0v) is 9.98. The molecule has 4 heteroatoms. The van der Waals surface area contributed by atoms with Crippen LogP contribution in [0.5, 0.6) is 0 Å². The lowest BCUT2D eigenvalue weighted by molar-refractivity contribution is -0.0585. The lowest BCUT2D eigenvalue weighted by Gasteiger charge is -2.22. The van der Waals surface area contributed by atoms with Crippen LogP contribution in [0.3, 0.4) is 0 Å². The number of aliphatic hydroxyl groups is 3. The number of nitrogens with one attached hydrogen (secondary N) is 1. The second-order valence-corrected chi connectivity index (χ2v) is 4.42. The molecule has 0 aliphatic heterocycles. The van der Waals surface area contributed by atoms with E-state index in [0.717, 1.165) is 13.0 Å². The lowest BCUT2D eigenvalue weighted by Crippen LogP contribution is -2.43. The second kappa shape index (κ2) is 8.05. The van der Waals surface area contributed by atoms with Crippen molar-refractivity contribution in [2.75, 3.05) is 13.1 Å². The zero-order valence-electron chi connectivity index (χ0n) is 9.98. The highest BCUT2D eigenvalue weighted by molar-refractivity contribution is 4.75.